The summed E-state index contributed by atoms with van der Waals surface area (Å²) in [5, 5.41) is 8.52. The number of nitrogens with one attached hydrogen (secondary N) is 1. The Morgan fingerprint density at radius 2 is 2.11 bits per heavy atom. The number of aliphatic carboxylic acids is 1. The Hall–Kier alpha value is -2.24. The van der Waals surface area contributed by atoms with Gasteiger partial charge in [-0.25, -0.2) is 13.8 Å². The van der Waals surface area contributed by atoms with Gasteiger partial charge in [0.2, 0.25) is 0 Å². The number of hydrogen-bond acceptors (Lipinski definition) is 2. The summed E-state index contributed by atoms with van der Waals surface area (Å²) in [4.78, 5) is 17.4. The third kappa shape index (κ3) is 3.37. The van der Waals surface area contributed by atoms with Crippen LogP contribution in [0, 0.1) is 11.6 Å². The average molecular weight is 266 g/mol. The standard InChI is InChI=1S/C13H12F2N2O2/c14-9-5-4-8(6-10(9)15)11-7-16-12(17-11)2-1-3-13(18)19/h4-7H,1-3H2,(H,16,17)(H,18,19). The number of H-pyrrole nitrogens is 1. The van der Waals surface area contributed by atoms with Crippen LogP contribution in [0.2, 0.25) is 0 Å². The minimum atomic E-state index is -0.917. The first kappa shape index (κ1) is 13.2. The van der Waals surface area contributed by atoms with E-state index in [1.165, 1.54) is 12.3 Å². The van der Waals surface area contributed by atoms with Gasteiger partial charge < -0.3 is 10.1 Å². The quantitative estimate of drug-likeness (QED) is 0.874. The van der Waals surface area contributed by atoms with E-state index in [4.69, 9.17) is 5.11 Å². The number of rotatable bonds is 5. The van der Waals surface area contributed by atoms with E-state index in [1.54, 1.807) is 0 Å². The molecule has 0 saturated heterocycles. The number of aryl methyl sites for hydroxylation is 1. The van der Waals surface area contributed by atoms with Crippen LogP contribution in [-0.4, -0.2) is 21.0 Å². The minimum Gasteiger partial charge on any atom is -0.481 e. The Kier molecular flexibility index (Phi) is 3.89. The molecule has 2 N–H and O–H groups in total. The van der Waals surface area contributed by atoms with Crippen LogP contribution < -0.4 is 0 Å². The summed E-state index contributed by atoms with van der Waals surface area (Å²) in [7, 11) is 0. The molecule has 2 rings (SSSR count). The van der Waals surface area contributed by atoms with Gasteiger partial charge in [0.1, 0.15) is 5.82 Å². The molecule has 0 amide bonds. The summed E-state index contributed by atoms with van der Waals surface area (Å²) < 4.78 is 25.9. The summed E-state index contributed by atoms with van der Waals surface area (Å²) in [5.41, 5.74) is 1.07. The zero-order valence-corrected chi connectivity index (χ0v) is 9.99. The van der Waals surface area contributed by atoms with Gasteiger partial charge in [0, 0.05) is 18.4 Å². The van der Waals surface area contributed by atoms with Crippen LogP contribution >= 0.6 is 0 Å². The van der Waals surface area contributed by atoms with E-state index in [2.05, 4.69) is 9.97 Å². The molecule has 0 bridgehead atoms. The molecule has 2 aromatic rings. The van der Waals surface area contributed by atoms with Crippen molar-refractivity contribution >= 4 is 5.97 Å². The van der Waals surface area contributed by atoms with Gasteiger partial charge in [-0.05, 0) is 24.6 Å². The molecule has 6 heteroatoms. The lowest BCUT2D eigenvalue weighted by molar-refractivity contribution is -0.137. The molecule has 19 heavy (non-hydrogen) atoms. The molecule has 0 unspecified atom stereocenters. The highest BCUT2D eigenvalue weighted by Crippen LogP contribution is 2.20. The number of carbonyl (C=O) groups is 1. The zero-order valence-electron chi connectivity index (χ0n) is 9.99. The van der Waals surface area contributed by atoms with Crippen molar-refractivity contribution in [1.29, 1.82) is 0 Å². The fourth-order valence-corrected chi connectivity index (χ4v) is 1.71. The van der Waals surface area contributed by atoms with Gasteiger partial charge in [-0.3, -0.25) is 4.79 Å². The molecule has 0 aliphatic heterocycles. The molecule has 1 aromatic heterocycles. The summed E-state index contributed by atoms with van der Waals surface area (Å²) in [6, 6.07) is 3.59. The van der Waals surface area contributed by atoms with Gasteiger partial charge in [0.15, 0.2) is 11.6 Å². The molecule has 0 atom stereocenters. The van der Waals surface area contributed by atoms with Crippen molar-refractivity contribution in [2.45, 2.75) is 19.3 Å². The van der Waals surface area contributed by atoms with Crippen LogP contribution in [0.3, 0.4) is 0 Å². The Labute approximate surface area is 108 Å². The van der Waals surface area contributed by atoms with E-state index in [9.17, 15) is 13.6 Å². The number of imidazole rings is 1. The Balaban J connectivity index is 2.07. The fourth-order valence-electron chi connectivity index (χ4n) is 1.71. The summed E-state index contributed by atoms with van der Waals surface area (Å²) >= 11 is 0. The number of aromatic amines is 1. The van der Waals surface area contributed by atoms with Crippen molar-refractivity contribution in [3.05, 3.63) is 41.9 Å². The van der Waals surface area contributed by atoms with Crippen LogP contribution in [-0.2, 0) is 11.2 Å². The van der Waals surface area contributed by atoms with Crippen LogP contribution in [0.25, 0.3) is 11.3 Å². The minimum absolute atomic E-state index is 0.0706. The van der Waals surface area contributed by atoms with Gasteiger partial charge in [0.05, 0.1) is 11.9 Å². The Morgan fingerprint density at radius 3 is 2.79 bits per heavy atom. The Bertz CT molecular complexity index is 596. The number of carboxylic acid groups (broad SMARTS) is 1. The van der Waals surface area contributed by atoms with Crippen molar-refractivity contribution < 1.29 is 18.7 Å². The van der Waals surface area contributed by atoms with Crippen LogP contribution in [0.15, 0.2) is 24.4 Å². The van der Waals surface area contributed by atoms with Crippen LogP contribution in [0.4, 0.5) is 8.78 Å². The van der Waals surface area contributed by atoms with Crippen molar-refractivity contribution in [2.75, 3.05) is 0 Å². The van der Waals surface area contributed by atoms with Gasteiger partial charge >= 0.3 is 5.97 Å². The monoisotopic (exact) mass is 266 g/mol. The lowest BCUT2D eigenvalue weighted by Crippen LogP contribution is -1.96. The predicted octanol–water partition coefficient (Wildman–Crippen LogP) is 2.76. The second-order valence-electron chi connectivity index (χ2n) is 4.12. The third-order valence-electron chi connectivity index (χ3n) is 2.66. The van der Waals surface area contributed by atoms with Crippen LogP contribution in [0.5, 0.6) is 0 Å². The number of benzene rings is 1. The first-order chi connectivity index (χ1) is 9.06. The lowest BCUT2D eigenvalue weighted by atomic mass is 10.1. The maximum absolute atomic E-state index is 13.1. The van der Waals surface area contributed by atoms with E-state index >= 15 is 0 Å². The molecule has 0 aliphatic carbocycles. The largest absolute Gasteiger partial charge is 0.481 e. The van der Waals surface area contributed by atoms with Crippen molar-refractivity contribution in [1.82, 2.24) is 9.97 Å². The smallest absolute Gasteiger partial charge is 0.303 e. The second kappa shape index (κ2) is 5.60. The van der Waals surface area contributed by atoms with E-state index in [-0.39, 0.29) is 6.42 Å². The lowest BCUT2D eigenvalue weighted by Gasteiger charge is -1.99. The number of hydrogen-bond donors (Lipinski definition) is 2. The third-order valence-corrected chi connectivity index (χ3v) is 2.66. The first-order valence-electron chi connectivity index (χ1n) is 5.77. The summed E-state index contributed by atoms with van der Waals surface area (Å²) in [5.74, 6) is -2.04. The number of carboxylic acids is 1. The molecule has 100 valence electrons. The summed E-state index contributed by atoms with van der Waals surface area (Å²) in [6.45, 7) is 0. The average Bonchev–Trinajstić information content (AvgIpc) is 2.81. The maximum atomic E-state index is 13.1. The second-order valence-corrected chi connectivity index (χ2v) is 4.12. The van der Waals surface area contributed by atoms with Crippen molar-refractivity contribution in [2.24, 2.45) is 0 Å². The molecule has 0 radical (unpaired) electrons. The molecular weight excluding hydrogens is 254 g/mol. The van der Waals surface area contributed by atoms with Crippen molar-refractivity contribution in [3.63, 3.8) is 0 Å². The van der Waals surface area contributed by atoms with Gasteiger partial charge in [-0.15, -0.1) is 0 Å². The Morgan fingerprint density at radius 1 is 1.32 bits per heavy atom. The van der Waals surface area contributed by atoms with E-state index in [0.717, 1.165) is 12.1 Å². The zero-order chi connectivity index (χ0) is 13.8. The molecule has 1 heterocycles. The molecule has 0 saturated carbocycles. The number of aromatic nitrogens is 2. The maximum Gasteiger partial charge on any atom is 0.303 e. The molecular formula is C13H12F2N2O2. The van der Waals surface area contributed by atoms with Gasteiger partial charge in [0.25, 0.3) is 0 Å². The molecule has 0 spiro atoms. The van der Waals surface area contributed by atoms with Crippen LogP contribution in [0.1, 0.15) is 18.7 Å². The first-order valence-corrected chi connectivity index (χ1v) is 5.77. The molecule has 0 fully saturated rings. The molecule has 0 aliphatic rings. The van der Waals surface area contributed by atoms with E-state index < -0.39 is 17.6 Å². The topological polar surface area (TPSA) is 66.0 Å². The number of halogens is 2. The molecule has 4 nitrogen and oxygen atoms in total. The van der Waals surface area contributed by atoms with Crippen molar-refractivity contribution in [3.8, 4) is 11.3 Å². The fraction of sp³-hybridized carbons (Fsp3) is 0.231. The highest BCUT2D eigenvalue weighted by molar-refractivity contribution is 5.66. The molecule has 1 aromatic carbocycles. The predicted molar refractivity (Wildman–Crippen MR) is 64.5 cm³/mol. The number of nitrogens with zero attached hydrogens (tertiary/aromatic N) is 1. The van der Waals surface area contributed by atoms with Gasteiger partial charge in [-0.2, -0.15) is 0 Å². The van der Waals surface area contributed by atoms with E-state index in [1.807, 2.05) is 0 Å². The SMILES string of the molecule is O=C(O)CCCc1ncc(-c2ccc(F)c(F)c2)[nH]1. The summed E-state index contributed by atoms with van der Waals surface area (Å²) in [6.07, 6.45) is 2.56. The highest BCUT2D eigenvalue weighted by Gasteiger charge is 2.07. The normalized spacial score (nSPS) is 10.6. The highest BCUT2D eigenvalue weighted by atomic mass is 19.2. The van der Waals surface area contributed by atoms with Gasteiger partial charge in [-0.1, -0.05) is 0 Å². The van der Waals surface area contributed by atoms with E-state index in [0.29, 0.717) is 29.9 Å².